The van der Waals surface area contributed by atoms with Crippen LogP contribution in [0.1, 0.15) is 44.1 Å². The van der Waals surface area contributed by atoms with Crippen LogP contribution >= 0.6 is 0 Å². The van der Waals surface area contributed by atoms with E-state index in [1.807, 2.05) is 4.90 Å². The van der Waals surface area contributed by atoms with E-state index in [9.17, 15) is 18.4 Å². The van der Waals surface area contributed by atoms with Crippen molar-refractivity contribution in [3.63, 3.8) is 0 Å². The fourth-order valence-corrected chi connectivity index (χ4v) is 4.78. The first-order valence-corrected chi connectivity index (χ1v) is 11.7. The zero-order valence-corrected chi connectivity index (χ0v) is 19.3. The first kappa shape index (κ1) is 24.0. The molecule has 2 aliphatic heterocycles. The van der Waals surface area contributed by atoms with Crippen LogP contribution in [0.5, 0.6) is 11.5 Å². The number of piperidine rings is 1. The molecule has 0 radical (unpaired) electrons. The summed E-state index contributed by atoms with van der Waals surface area (Å²) in [5.74, 6) is 0.327. The molecule has 6 nitrogen and oxygen atoms in total. The summed E-state index contributed by atoms with van der Waals surface area (Å²) in [5.41, 5.74) is -0.138. The number of halogens is 2. The van der Waals surface area contributed by atoms with Crippen molar-refractivity contribution in [1.29, 1.82) is 0 Å². The number of likely N-dealkylation sites (tertiary alicyclic amines) is 1. The molecule has 8 heteroatoms. The van der Waals surface area contributed by atoms with E-state index in [0.717, 1.165) is 0 Å². The van der Waals surface area contributed by atoms with Crippen LogP contribution in [-0.4, -0.2) is 48.6 Å². The van der Waals surface area contributed by atoms with Gasteiger partial charge in [0.05, 0.1) is 7.11 Å². The van der Waals surface area contributed by atoms with Crippen LogP contribution in [0.4, 0.5) is 8.78 Å². The summed E-state index contributed by atoms with van der Waals surface area (Å²) in [6.45, 7) is 1.16. The van der Waals surface area contributed by atoms with Crippen LogP contribution in [-0.2, 0) is 16.0 Å². The molecule has 0 aromatic heterocycles. The summed E-state index contributed by atoms with van der Waals surface area (Å²) >= 11 is 0. The predicted molar refractivity (Wildman–Crippen MR) is 123 cm³/mol. The second-order valence-corrected chi connectivity index (χ2v) is 9.11. The van der Waals surface area contributed by atoms with Crippen LogP contribution in [0.15, 0.2) is 42.5 Å². The molecule has 2 aromatic rings. The van der Waals surface area contributed by atoms with Gasteiger partial charge < -0.3 is 19.7 Å². The molecule has 2 heterocycles. The van der Waals surface area contributed by atoms with Gasteiger partial charge in [0.15, 0.2) is 0 Å². The quantitative estimate of drug-likeness (QED) is 0.630. The van der Waals surface area contributed by atoms with E-state index < -0.39 is 5.54 Å². The second-order valence-electron chi connectivity index (χ2n) is 9.11. The molecule has 2 aliphatic rings. The highest BCUT2D eigenvalue weighted by atomic mass is 19.1. The number of hydrogen-bond acceptors (Lipinski definition) is 4. The van der Waals surface area contributed by atoms with E-state index in [1.54, 1.807) is 24.3 Å². The predicted octanol–water partition coefficient (Wildman–Crippen LogP) is 4.01. The van der Waals surface area contributed by atoms with E-state index in [2.05, 4.69) is 5.32 Å². The van der Waals surface area contributed by atoms with Crippen molar-refractivity contribution in [2.75, 3.05) is 20.2 Å². The van der Waals surface area contributed by atoms with Gasteiger partial charge in [0.25, 0.3) is 0 Å². The highest BCUT2D eigenvalue weighted by molar-refractivity contribution is 5.80. The largest absolute Gasteiger partial charge is 0.497 e. The molecular formula is C26H30F2N2O4. The Morgan fingerprint density at radius 3 is 2.44 bits per heavy atom. The highest BCUT2D eigenvalue weighted by Gasteiger charge is 2.39. The van der Waals surface area contributed by atoms with Crippen molar-refractivity contribution in [2.24, 2.45) is 0 Å². The molecule has 2 saturated heterocycles. The standard InChI is InChI=1S/C26H30F2N2O4/c1-33-22-5-2-18(23(28)16-22)17-26(12-8-24(31)29-26)13-9-25(32)30-14-10-21(11-15-30)34-20-6-3-19(27)4-7-20/h2-7,16,21H,8-15,17H2,1H3,(H,29,31). The first-order chi connectivity index (χ1) is 16.4. The third-order valence-electron chi connectivity index (χ3n) is 6.75. The summed E-state index contributed by atoms with van der Waals surface area (Å²) in [6.07, 6.45) is 3.37. The monoisotopic (exact) mass is 472 g/mol. The van der Waals surface area contributed by atoms with E-state index >= 15 is 0 Å². The molecule has 1 atom stereocenters. The Labute approximate surface area is 198 Å². The summed E-state index contributed by atoms with van der Waals surface area (Å²) in [4.78, 5) is 26.8. The second kappa shape index (κ2) is 10.4. The van der Waals surface area contributed by atoms with Crippen LogP contribution in [0, 0.1) is 11.6 Å². The lowest BCUT2D eigenvalue weighted by atomic mass is 9.84. The van der Waals surface area contributed by atoms with Gasteiger partial charge in [-0.25, -0.2) is 8.78 Å². The molecule has 1 unspecified atom stereocenters. The number of nitrogens with zero attached hydrogens (tertiary/aromatic N) is 1. The fourth-order valence-electron chi connectivity index (χ4n) is 4.78. The van der Waals surface area contributed by atoms with Gasteiger partial charge in [0.1, 0.15) is 29.2 Å². The van der Waals surface area contributed by atoms with Gasteiger partial charge >= 0.3 is 0 Å². The zero-order chi connectivity index (χ0) is 24.1. The molecule has 2 aromatic carbocycles. The Balaban J connectivity index is 1.31. The van der Waals surface area contributed by atoms with Gasteiger partial charge in [-0.2, -0.15) is 0 Å². The molecule has 4 rings (SSSR count). The van der Waals surface area contributed by atoms with E-state index in [-0.39, 0.29) is 36.0 Å². The Hall–Kier alpha value is -3.16. The number of benzene rings is 2. The minimum Gasteiger partial charge on any atom is -0.497 e. The fraction of sp³-hybridized carbons (Fsp3) is 0.462. The van der Waals surface area contributed by atoms with Crippen molar-refractivity contribution in [1.82, 2.24) is 10.2 Å². The normalized spacial score (nSPS) is 20.8. The first-order valence-electron chi connectivity index (χ1n) is 11.7. The van der Waals surface area contributed by atoms with Crippen LogP contribution in [0.3, 0.4) is 0 Å². The summed E-state index contributed by atoms with van der Waals surface area (Å²) < 4.78 is 38.6. The number of carbonyl (C=O) groups is 2. The topological polar surface area (TPSA) is 67.9 Å². The van der Waals surface area contributed by atoms with E-state index in [1.165, 1.54) is 25.3 Å². The number of nitrogens with one attached hydrogen (secondary N) is 1. The minimum absolute atomic E-state index is 0.0204. The number of amides is 2. The van der Waals surface area contributed by atoms with Crippen LogP contribution in [0.25, 0.3) is 0 Å². The van der Waals surface area contributed by atoms with Crippen molar-refractivity contribution < 1.29 is 27.8 Å². The van der Waals surface area contributed by atoms with E-state index in [4.69, 9.17) is 9.47 Å². The Bertz CT molecular complexity index is 1020. The van der Waals surface area contributed by atoms with Crippen molar-refractivity contribution >= 4 is 11.8 Å². The Morgan fingerprint density at radius 1 is 1.12 bits per heavy atom. The third kappa shape index (κ3) is 5.85. The minimum atomic E-state index is -0.633. The molecule has 0 bridgehead atoms. The highest BCUT2D eigenvalue weighted by Crippen LogP contribution is 2.32. The maximum atomic E-state index is 14.6. The lowest BCUT2D eigenvalue weighted by Crippen LogP contribution is -2.46. The van der Waals surface area contributed by atoms with Crippen LogP contribution in [0.2, 0.25) is 0 Å². The average Bonchev–Trinajstić information content (AvgIpc) is 3.21. The van der Waals surface area contributed by atoms with Gasteiger partial charge in [-0.3, -0.25) is 9.59 Å². The third-order valence-corrected chi connectivity index (χ3v) is 6.75. The molecule has 182 valence electrons. The Morgan fingerprint density at radius 2 is 1.82 bits per heavy atom. The Kier molecular flexibility index (Phi) is 7.34. The molecule has 0 spiro atoms. The van der Waals surface area contributed by atoms with Gasteiger partial charge in [-0.05, 0) is 55.2 Å². The number of methoxy groups -OCH3 is 1. The number of ether oxygens (including phenoxy) is 2. The maximum absolute atomic E-state index is 14.6. The zero-order valence-electron chi connectivity index (χ0n) is 19.3. The number of rotatable bonds is 8. The van der Waals surface area contributed by atoms with Crippen molar-refractivity contribution in [3.8, 4) is 11.5 Å². The lowest BCUT2D eigenvalue weighted by molar-refractivity contribution is -0.133. The number of carbonyl (C=O) groups excluding carboxylic acids is 2. The van der Waals surface area contributed by atoms with Gasteiger partial charge in [-0.15, -0.1) is 0 Å². The summed E-state index contributed by atoms with van der Waals surface area (Å²) in [6, 6.07) is 10.7. The number of hydrogen-bond donors (Lipinski definition) is 1. The van der Waals surface area contributed by atoms with Gasteiger partial charge in [0.2, 0.25) is 11.8 Å². The van der Waals surface area contributed by atoms with Crippen molar-refractivity contribution in [2.45, 2.75) is 56.6 Å². The molecule has 34 heavy (non-hydrogen) atoms. The lowest BCUT2D eigenvalue weighted by Gasteiger charge is -2.34. The van der Waals surface area contributed by atoms with E-state index in [0.29, 0.717) is 68.7 Å². The molecule has 2 amide bonds. The molecule has 0 saturated carbocycles. The maximum Gasteiger partial charge on any atom is 0.222 e. The van der Waals surface area contributed by atoms with Gasteiger partial charge in [0, 0.05) is 50.4 Å². The SMILES string of the molecule is COc1ccc(CC2(CCC(=O)N3CCC(Oc4ccc(F)cc4)CC3)CCC(=O)N2)c(F)c1. The summed E-state index contributed by atoms with van der Waals surface area (Å²) in [5, 5.41) is 3.01. The van der Waals surface area contributed by atoms with Crippen molar-refractivity contribution in [3.05, 3.63) is 59.7 Å². The molecule has 1 N–H and O–H groups in total. The molecule has 2 fully saturated rings. The summed E-state index contributed by atoms with van der Waals surface area (Å²) in [7, 11) is 1.48. The van der Waals surface area contributed by atoms with Crippen LogP contribution < -0.4 is 14.8 Å². The molecule has 0 aliphatic carbocycles. The smallest absolute Gasteiger partial charge is 0.222 e. The molecular weight excluding hydrogens is 442 g/mol. The average molecular weight is 473 g/mol. The van der Waals surface area contributed by atoms with Gasteiger partial charge in [-0.1, -0.05) is 6.07 Å².